The zero-order chi connectivity index (χ0) is 29.3. The fourth-order valence-corrected chi connectivity index (χ4v) is 5.79. The van der Waals surface area contributed by atoms with E-state index in [0.717, 1.165) is 16.3 Å². The molecule has 0 aliphatic heterocycles. The minimum Gasteiger partial charge on any atom is -0.495 e. The molecule has 0 fully saturated rings. The molecule has 2 amide bonds. The Morgan fingerprint density at radius 3 is 2.15 bits per heavy atom. The first-order chi connectivity index (χ1) is 19.1. The second-order valence-corrected chi connectivity index (χ2v) is 11.7. The molecule has 0 heterocycles. The molecule has 0 saturated heterocycles. The molecule has 0 spiro atoms. The number of hydrogen-bond acceptors (Lipinski definition) is 5. The van der Waals surface area contributed by atoms with E-state index in [1.54, 1.807) is 66.7 Å². The summed E-state index contributed by atoms with van der Waals surface area (Å²) in [5.41, 5.74) is 0.966. The van der Waals surface area contributed by atoms with Crippen LogP contribution in [0.15, 0.2) is 83.8 Å². The smallest absolute Gasteiger partial charge is 0.264 e. The molecule has 0 bridgehead atoms. The second kappa shape index (κ2) is 14.2. The molecule has 0 aromatic heterocycles. The summed E-state index contributed by atoms with van der Waals surface area (Å²) in [6, 6.07) is 20.6. The Kier molecular flexibility index (Phi) is 11.0. The highest BCUT2D eigenvalue weighted by molar-refractivity contribution is 7.92. The van der Waals surface area contributed by atoms with Gasteiger partial charge in [0.25, 0.3) is 10.0 Å². The van der Waals surface area contributed by atoms with Crippen molar-refractivity contribution in [1.82, 2.24) is 10.2 Å². The van der Waals surface area contributed by atoms with Gasteiger partial charge in [-0.2, -0.15) is 0 Å². The van der Waals surface area contributed by atoms with Crippen LogP contribution in [-0.2, 0) is 26.2 Å². The van der Waals surface area contributed by atoms with Gasteiger partial charge in [-0.05, 0) is 61.7 Å². The first kappa shape index (κ1) is 31.0. The Labute approximate surface area is 241 Å². The topological polar surface area (TPSA) is 96.0 Å². The van der Waals surface area contributed by atoms with Crippen LogP contribution in [0.2, 0.25) is 5.02 Å². The number of rotatable bonds is 13. The first-order valence-electron chi connectivity index (χ1n) is 13.2. The van der Waals surface area contributed by atoms with E-state index in [2.05, 4.69) is 5.32 Å². The standard InChI is InChI=1S/C30H36ClN3O5S/c1-5-22(3)32-30(36)26(6-2)33(20-23-16-18-24(31)19-17-23)29(35)21-34(27-14-10-11-15-28(27)39-4)40(37,38)25-12-8-7-9-13-25/h7-19,22,26H,5-6,20-21H2,1-4H3,(H,32,36)/t22-,26+/m1/s1. The Morgan fingerprint density at radius 1 is 0.925 bits per heavy atom. The van der Waals surface area contributed by atoms with E-state index in [-0.39, 0.29) is 29.1 Å². The summed E-state index contributed by atoms with van der Waals surface area (Å²) in [6.07, 6.45) is 1.06. The predicted molar refractivity (Wildman–Crippen MR) is 158 cm³/mol. The van der Waals surface area contributed by atoms with Gasteiger partial charge in [-0.25, -0.2) is 8.42 Å². The van der Waals surface area contributed by atoms with Crippen LogP contribution in [0, 0.1) is 0 Å². The molecule has 0 aliphatic rings. The molecule has 0 radical (unpaired) electrons. The number of hydrogen-bond donors (Lipinski definition) is 1. The lowest BCUT2D eigenvalue weighted by molar-refractivity contribution is -0.140. The van der Waals surface area contributed by atoms with Crippen LogP contribution in [0.1, 0.15) is 39.2 Å². The number of benzene rings is 3. The average molecular weight is 586 g/mol. The van der Waals surface area contributed by atoms with Gasteiger partial charge in [-0.3, -0.25) is 13.9 Å². The molecule has 214 valence electrons. The summed E-state index contributed by atoms with van der Waals surface area (Å²) < 4.78 is 34.3. The SMILES string of the molecule is CC[C@@H](C)NC(=O)[C@H](CC)N(Cc1ccc(Cl)cc1)C(=O)CN(c1ccccc1OC)S(=O)(=O)c1ccccc1. The van der Waals surface area contributed by atoms with Crippen molar-refractivity contribution in [3.63, 3.8) is 0 Å². The minimum atomic E-state index is -4.18. The summed E-state index contributed by atoms with van der Waals surface area (Å²) in [5.74, 6) is -0.541. The Balaban J connectivity index is 2.08. The quantitative estimate of drug-likeness (QED) is 0.295. The van der Waals surface area contributed by atoms with E-state index in [4.69, 9.17) is 16.3 Å². The monoisotopic (exact) mass is 585 g/mol. The Hall–Kier alpha value is -3.56. The second-order valence-electron chi connectivity index (χ2n) is 9.39. The summed E-state index contributed by atoms with van der Waals surface area (Å²) in [6.45, 7) is 5.22. The fourth-order valence-electron chi connectivity index (χ4n) is 4.22. The highest BCUT2D eigenvalue weighted by atomic mass is 35.5. The van der Waals surface area contributed by atoms with Crippen LogP contribution in [0.5, 0.6) is 5.75 Å². The van der Waals surface area contributed by atoms with Crippen molar-refractivity contribution in [2.24, 2.45) is 0 Å². The van der Waals surface area contributed by atoms with Gasteiger partial charge in [-0.15, -0.1) is 0 Å². The van der Waals surface area contributed by atoms with E-state index < -0.39 is 28.5 Å². The van der Waals surface area contributed by atoms with E-state index >= 15 is 0 Å². The minimum absolute atomic E-state index is 0.0273. The third kappa shape index (κ3) is 7.55. The number of carbonyl (C=O) groups excluding carboxylic acids is 2. The molecule has 3 rings (SSSR count). The van der Waals surface area contributed by atoms with Gasteiger partial charge in [0.05, 0.1) is 17.7 Å². The van der Waals surface area contributed by atoms with Gasteiger partial charge in [0.1, 0.15) is 18.3 Å². The lowest BCUT2D eigenvalue weighted by Crippen LogP contribution is -2.53. The molecule has 40 heavy (non-hydrogen) atoms. The summed E-state index contributed by atoms with van der Waals surface area (Å²) in [7, 11) is -2.74. The molecule has 3 aromatic rings. The van der Waals surface area contributed by atoms with Crippen LogP contribution < -0.4 is 14.4 Å². The lowest BCUT2D eigenvalue weighted by atomic mass is 10.1. The van der Waals surface area contributed by atoms with Crippen molar-refractivity contribution in [2.75, 3.05) is 18.0 Å². The van der Waals surface area contributed by atoms with Gasteiger partial charge in [-0.1, -0.05) is 67.9 Å². The molecule has 10 heteroatoms. The van der Waals surface area contributed by atoms with Gasteiger partial charge >= 0.3 is 0 Å². The predicted octanol–water partition coefficient (Wildman–Crippen LogP) is 5.27. The van der Waals surface area contributed by atoms with Crippen molar-refractivity contribution in [2.45, 2.75) is 57.1 Å². The van der Waals surface area contributed by atoms with Crippen molar-refractivity contribution < 1.29 is 22.7 Å². The highest BCUT2D eigenvalue weighted by Crippen LogP contribution is 2.32. The molecule has 3 aromatic carbocycles. The summed E-state index contributed by atoms with van der Waals surface area (Å²) in [5, 5.41) is 3.51. The number of nitrogens with one attached hydrogen (secondary N) is 1. The average Bonchev–Trinajstić information content (AvgIpc) is 2.96. The number of sulfonamides is 1. The number of halogens is 1. The molecular formula is C30H36ClN3O5S. The number of nitrogens with zero attached hydrogens (tertiary/aromatic N) is 2. The van der Waals surface area contributed by atoms with Crippen LogP contribution >= 0.6 is 11.6 Å². The van der Waals surface area contributed by atoms with Crippen LogP contribution in [0.4, 0.5) is 5.69 Å². The number of ether oxygens (including phenoxy) is 1. The van der Waals surface area contributed by atoms with Gasteiger partial charge < -0.3 is 15.0 Å². The molecule has 2 atom stereocenters. The molecule has 0 saturated carbocycles. The zero-order valence-corrected chi connectivity index (χ0v) is 24.8. The van der Waals surface area contributed by atoms with Gasteiger partial charge in [0, 0.05) is 17.6 Å². The zero-order valence-electron chi connectivity index (χ0n) is 23.2. The van der Waals surface area contributed by atoms with Gasteiger partial charge in [0.15, 0.2) is 0 Å². The maximum atomic E-state index is 14.1. The van der Waals surface area contributed by atoms with Crippen LogP contribution in [0.25, 0.3) is 0 Å². The normalized spacial score (nSPS) is 12.7. The lowest BCUT2D eigenvalue weighted by Gasteiger charge is -2.34. The molecule has 0 unspecified atom stereocenters. The van der Waals surface area contributed by atoms with Crippen LogP contribution in [0.3, 0.4) is 0 Å². The maximum Gasteiger partial charge on any atom is 0.264 e. The van der Waals surface area contributed by atoms with E-state index in [0.29, 0.717) is 17.2 Å². The maximum absolute atomic E-state index is 14.1. The van der Waals surface area contributed by atoms with E-state index in [1.807, 2.05) is 20.8 Å². The fraction of sp³-hybridized carbons (Fsp3) is 0.333. The van der Waals surface area contributed by atoms with Crippen molar-refractivity contribution in [1.29, 1.82) is 0 Å². The van der Waals surface area contributed by atoms with E-state index in [9.17, 15) is 18.0 Å². The van der Waals surface area contributed by atoms with Crippen LogP contribution in [-0.4, -0.2) is 50.9 Å². The molecule has 8 nitrogen and oxygen atoms in total. The number of para-hydroxylation sites is 2. The Bertz CT molecular complexity index is 1380. The van der Waals surface area contributed by atoms with Gasteiger partial charge in [0.2, 0.25) is 11.8 Å². The molecular weight excluding hydrogens is 550 g/mol. The number of carbonyl (C=O) groups is 2. The largest absolute Gasteiger partial charge is 0.495 e. The number of anilines is 1. The van der Waals surface area contributed by atoms with Crippen molar-refractivity contribution in [3.05, 3.63) is 89.4 Å². The molecule has 0 aliphatic carbocycles. The Morgan fingerprint density at radius 2 is 1.55 bits per heavy atom. The third-order valence-corrected chi connectivity index (χ3v) is 8.64. The molecule has 1 N–H and O–H groups in total. The van der Waals surface area contributed by atoms with Crippen molar-refractivity contribution in [3.8, 4) is 5.75 Å². The third-order valence-electron chi connectivity index (χ3n) is 6.62. The summed E-state index contributed by atoms with van der Waals surface area (Å²) in [4.78, 5) is 28.9. The van der Waals surface area contributed by atoms with Crippen molar-refractivity contribution >= 4 is 39.1 Å². The highest BCUT2D eigenvalue weighted by Gasteiger charge is 2.34. The first-order valence-corrected chi connectivity index (χ1v) is 15.0. The van der Waals surface area contributed by atoms with E-state index in [1.165, 1.54) is 24.1 Å². The number of methoxy groups -OCH3 is 1. The number of amides is 2. The summed E-state index contributed by atoms with van der Waals surface area (Å²) >= 11 is 6.07.